The Labute approximate surface area is 180 Å². The monoisotopic (exact) mass is 435 g/mol. The van der Waals surface area contributed by atoms with Crippen molar-refractivity contribution in [3.8, 4) is 10.6 Å². The number of thiazole rings is 1. The van der Waals surface area contributed by atoms with E-state index in [0.29, 0.717) is 23.8 Å². The van der Waals surface area contributed by atoms with Crippen LogP contribution in [0.3, 0.4) is 0 Å². The molecule has 3 rings (SSSR count). The molecule has 29 heavy (non-hydrogen) atoms. The van der Waals surface area contributed by atoms with Crippen LogP contribution < -0.4 is 5.32 Å². The highest BCUT2D eigenvalue weighted by Crippen LogP contribution is 2.28. The van der Waals surface area contributed by atoms with Crippen molar-refractivity contribution in [3.63, 3.8) is 0 Å². The Bertz CT molecular complexity index is 876. The lowest BCUT2D eigenvalue weighted by Gasteiger charge is -2.21. The third-order valence-electron chi connectivity index (χ3n) is 4.67. The third-order valence-corrected chi connectivity index (χ3v) is 5.81. The van der Waals surface area contributed by atoms with Crippen LogP contribution in [0.4, 0.5) is 4.79 Å². The van der Waals surface area contributed by atoms with Gasteiger partial charge in [0.2, 0.25) is 0 Å². The van der Waals surface area contributed by atoms with Crippen molar-refractivity contribution in [1.29, 1.82) is 0 Å². The van der Waals surface area contributed by atoms with Crippen LogP contribution in [-0.2, 0) is 4.74 Å². The number of benzene rings is 1. The SMILES string of the molecule is C[C@H]1C[C@@H](CNC(=O)OC(C)(C)C)CN1C(=O)c1csc(-c2ccc(Cl)cc2)n1. The predicted molar refractivity (Wildman–Crippen MR) is 115 cm³/mol. The first-order valence-electron chi connectivity index (χ1n) is 9.61. The van der Waals surface area contributed by atoms with E-state index in [4.69, 9.17) is 16.3 Å². The van der Waals surface area contributed by atoms with Crippen LogP contribution in [0.5, 0.6) is 0 Å². The van der Waals surface area contributed by atoms with Gasteiger partial charge in [-0.05, 0) is 52.2 Å². The molecule has 1 saturated heterocycles. The highest BCUT2D eigenvalue weighted by atomic mass is 35.5. The van der Waals surface area contributed by atoms with Crippen LogP contribution in [0.1, 0.15) is 44.6 Å². The minimum absolute atomic E-state index is 0.0752. The number of carbonyl (C=O) groups excluding carboxylic acids is 2. The number of alkyl carbamates (subject to hydrolysis) is 1. The maximum absolute atomic E-state index is 13.0. The summed E-state index contributed by atoms with van der Waals surface area (Å²) in [5.41, 5.74) is 0.862. The second-order valence-corrected chi connectivity index (χ2v) is 9.63. The Morgan fingerprint density at radius 2 is 2.00 bits per heavy atom. The minimum atomic E-state index is -0.526. The molecule has 156 valence electrons. The summed E-state index contributed by atoms with van der Waals surface area (Å²) in [5, 5.41) is 6.06. The van der Waals surface area contributed by atoms with E-state index in [1.165, 1.54) is 11.3 Å². The zero-order valence-corrected chi connectivity index (χ0v) is 18.6. The van der Waals surface area contributed by atoms with Crippen molar-refractivity contribution >= 4 is 34.9 Å². The third kappa shape index (κ3) is 5.70. The first-order chi connectivity index (χ1) is 13.6. The molecule has 0 saturated carbocycles. The number of carbonyl (C=O) groups is 2. The smallest absolute Gasteiger partial charge is 0.407 e. The minimum Gasteiger partial charge on any atom is -0.444 e. The summed E-state index contributed by atoms with van der Waals surface area (Å²) in [7, 11) is 0. The summed E-state index contributed by atoms with van der Waals surface area (Å²) in [6, 6.07) is 7.50. The van der Waals surface area contributed by atoms with Gasteiger partial charge in [-0.25, -0.2) is 9.78 Å². The van der Waals surface area contributed by atoms with Crippen LogP contribution in [0.15, 0.2) is 29.6 Å². The Hall–Kier alpha value is -2.12. The van der Waals surface area contributed by atoms with Gasteiger partial charge in [-0.15, -0.1) is 11.3 Å². The first kappa shape index (κ1) is 21.6. The number of hydrogen-bond acceptors (Lipinski definition) is 5. The number of nitrogens with zero attached hydrogens (tertiary/aromatic N) is 2. The molecule has 2 aromatic rings. The molecule has 1 aliphatic rings. The maximum atomic E-state index is 13.0. The normalized spacial score (nSPS) is 19.3. The summed E-state index contributed by atoms with van der Waals surface area (Å²) >= 11 is 7.38. The number of halogens is 1. The van der Waals surface area contributed by atoms with Gasteiger partial charge in [0.15, 0.2) is 0 Å². The number of amides is 2. The zero-order valence-electron chi connectivity index (χ0n) is 17.1. The van der Waals surface area contributed by atoms with Crippen LogP contribution >= 0.6 is 22.9 Å². The molecule has 0 spiro atoms. The van der Waals surface area contributed by atoms with Crippen LogP contribution in [0, 0.1) is 5.92 Å². The summed E-state index contributed by atoms with van der Waals surface area (Å²) in [5.74, 6) is 0.115. The molecular formula is C21H26ClN3O3S. The van der Waals surface area contributed by atoms with E-state index in [9.17, 15) is 9.59 Å². The van der Waals surface area contributed by atoms with Gasteiger partial charge in [0.1, 0.15) is 16.3 Å². The summed E-state index contributed by atoms with van der Waals surface area (Å²) in [6.45, 7) is 8.59. The first-order valence-corrected chi connectivity index (χ1v) is 10.9. The fourth-order valence-electron chi connectivity index (χ4n) is 3.36. The van der Waals surface area contributed by atoms with Crippen molar-refractivity contribution in [1.82, 2.24) is 15.2 Å². The van der Waals surface area contributed by atoms with E-state index < -0.39 is 11.7 Å². The molecule has 2 amide bonds. The molecule has 1 aromatic carbocycles. The second-order valence-electron chi connectivity index (χ2n) is 8.34. The lowest BCUT2D eigenvalue weighted by atomic mass is 10.1. The summed E-state index contributed by atoms with van der Waals surface area (Å²) < 4.78 is 5.27. The van der Waals surface area contributed by atoms with Gasteiger partial charge >= 0.3 is 6.09 Å². The topological polar surface area (TPSA) is 71.5 Å². The number of likely N-dealkylation sites (tertiary alicyclic amines) is 1. The van der Waals surface area contributed by atoms with Crippen molar-refractivity contribution in [2.45, 2.75) is 45.8 Å². The van der Waals surface area contributed by atoms with Crippen LogP contribution in [0.2, 0.25) is 5.02 Å². The molecule has 1 fully saturated rings. The van der Waals surface area contributed by atoms with Gasteiger partial charge in [0.25, 0.3) is 5.91 Å². The number of hydrogen-bond donors (Lipinski definition) is 1. The Morgan fingerprint density at radius 1 is 1.31 bits per heavy atom. The molecule has 2 heterocycles. The molecule has 2 atom stereocenters. The molecule has 0 bridgehead atoms. The van der Waals surface area contributed by atoms with E-state index in [0.717, 1.165) is 17.0 Å². The summed E-state index contributed by atoms with van der Waals surface area (Å²) in [4.78, 5) is 31.2. The number of ether oxygens (including phenoxy) is 1. The number of nitrogens with one attached hydrogen (secondary N) is 1. The van der Waals surface area contributed by atoms with Gasteiger partial charge in [-0.2, -0.15) is 0 Å². The van der Waals surface area contributed by atoms with Crippen molar-refractivity contribution < 1.29 is 14.3 Å². The molecular weight excluding hydrogens is 410 g/mol. The molecule has 1 aliphatic heterocycles. The molecule has 8 heteroatoms. The van der Waals surface area contributed by atoms with E-state index in [1.54, 1.807) is 5.38 Å². The van der Waals surface area contributed by atoms with Crippen molar-refractivity contribution in [3.05, 3.63) is 40.4 Å². The van der Waals surface area contributed by atoms with Crippen LogP contribution in [-0.4, -0.2) is 46.6 Å². The molecule has 6 nitrogen and oxygen atoms in total. The maximum Gasteiger partial charge on any atom is 0.407 e. The lowest BCUT2D eigenvalue weighted by molar-refractivity contribution is 0.0520. The molecule has 0 unspecified atom stereocenters. The van der Waals surface area contributed by atoms with E-state index in [-0.39, 0.29) is 17.9 Å². The van der Waals surface area contributed by atoms with Gasteiger partial charge in [0.05, 0.1) is 0 Å². The van der Waals surface area contributed by atoms with Gasteiger partial charge in [0, 0.05) is 35.1 Å². The molecule has 1 N–H and O–H groups in total. The molecule has 0 radical (unpaired) electrons. The largest absolute Gasteiger partial charge is 0.444 e. The summed E-state index contributed by atoms with van der Waals surface area (Å²) in [6.07, 6.45) is 0.400. The average Bonchev–Trinajstić information content (AvgIpc) is 3.26. The Kier molecular flexibility index (Phi) is 6.49. The van der Waals surface area contributed by atoms with Gasteiger partial charge < -0.3 is 15.0 Å². The molecule has 0 aliphatic carbocycles. The zero-order chi connectivity index (χ0) is 21.2. The van der Waals surface area contributed by atoms with Crippen molar-refractivity contribution in [2.24, 2.45) is 5.92 Å². The Morgan fingerprint density at radius 3 is 2.66 bits per heavy atom. The number of rotatable bonds is 4. The second kappa shape index (κ2) is 8.71. The van der Waals surface area contributed by atoms with Crippen molar-refractivity contribution in [2.75, 3.05) is 13.1 Å². The van der Waals surface area contributed by atoms with E-state index in [1.807, 2.05) is 56.9 Å². The Balaban J connectivity index is 1.59. The fourth-order valence-corrected chi connectivity index (χ4v) is 4.29. The molecule has 1 aromatic heterocycles. The van der Waals surface area contributed by atoms with Gasteiger partial charge in [-0.3, -0.25) is 4.79 Å². The van der Waals surface area contributed by atoms with E-state index >= 15 is 0 Å². The lowest BCUT2D eigenvalue weighted by Crippen LogP contribution is -2.37. The van der Waals surface area contributed by atoms with E-state index in [2.05, 4.69) is 10.3 Å². The highest BCUT2D eigenvalue weighted by Gasteiger charge is 2.34. The standard InChI is InChI=1S/C21H26ClN3O3S/c1-13-9-14(10-23-20(27)28-21(2,3)4)11-25(13)19(26)17-12-29-18(24-17)15-5-7-16(22)8-6-15/h5-8,12-14H,9-11H2,1-4H3,(H,23,27)/t13-,14-/m0/s1. The quantitative estimate of drug-likeness (QED) is 0.745. The average molecular weight is 436 g/mol. The highest BCUT2D eigenvalue weighted by molar-refractivity contribution is 7.13. The predicted octanol–water partition coefficient (Wildman–Crippen LogP) is 4.84. The number of aromatic nitrogens is 1. The van der Waals surface area contributed by atoms with Gasteiger partial charge in [-0.1, -0.05) is 23.7 Å². The fraction of sp³-hybridized carbons (Fsp3) is 0.476. The van der Waals surface area contributed by atoms with Crippen LogP contribution in [0.25, 0.3) is 10.6 Å².